The maximum absolute atomic E-state index is 10.4. The summed E-state index contributed by atoms with van der Waals surface area (Å²) in [5.41, 5.74) is 0. The Balaban J connectivity index is 4.02. The van der Waals surface area contributed by atoms with Gasteiger partial charge in [0.15, 0.2) is 6.04 Å². The zero-order chi connectivity index (χ0) is 10.4. The minimum absolute atomic E-state index is 0.230. The molecule has 2 atom stereocenters. The monoisotopic (exact) mass is 210 g/mol. The predicted octanol–water partition coefficient (Wildman–Crippen LogP) is -0.456. The first-order chi connectivity index (χ1) is 5.93. The van der Waals surface area contributed by atoms with Gasteiger partial charge in [-0.3, -0.25) is 9.59 Å². The van der Waals surface area contributed by atoms with E-state index >= 15 is 0 Å². The highest BCUT2D eigenvalue weighted by Crippen LogP contribution is 2.10. The van der Waals surface area contributed by atoms with E-state index in [0.717, 1.165) is 0 Å². The summed E-state index contributed by atoms with van der Waals surface area (Å²) < 4.78 is 10.2. The molecule has 0 aliphatic rings. The van der Waals surface area contributed by atoms with E-state index in [1.54, 1.807) is 0 Å². The number of carbonyl (C=O) groups is 2. The van der Waals surface area contributed by atoms with Crippen LogP contribution in [0.1, 0.15) is 12.8 Å². The van der Waals surface area contributed by atoms with Crippen LogP contribution in [0.25, 0.3) is 0 Å². The maximum Gasteiger partial charge on any atom is 0.611 e. The molecular formula is C5H9NO6P+. The molecule has 0 rings (SSSR count). The lowest BCUT2D eigenvalue weighted by Gasteiger charge is -2.03. The molecule has 0 bridgehead atoms. The average Bonchev–Trinajstić information content (AvgIpc) is 1.96. The van der Waals surface area contributed by atoms with Gasteiger partial charge in [-0.2, -0.15) is 0 Å². The quantitative estimate of drug-likeness (QED) is 0.437. The van der Waals surface area contributed by atoms with Gasteiger partial charge in [-0.15, -0.1) is 4.89 Å². The molecule has 7 nitrogen and oxygen atoms in total. The molecule has 2 unspecified atom stereocenters. The number of carboxylic acid groups (broad SMARTS) is 2. The maximum atomic E-state index is 10.4. The highest BCUT2D eigenvalue weighted by Gasteiger charge is 2.26. The third-order valence-electron chi connectivity index (χ3n) is 1.21. The molecule has 0 radical (unpaired) electrons. The van der Waals surface area contributed by atoms with Crippen LogP contribution >= 0.6 is 8.18 Å². The number of nitrogens with one attached hydrogen (secondary N) is 1. The van der Waals surface area contributed by atoms with Gasteiger partial charge in [0.25, 0.3) is 0 Å². The zero-order valence-electron chi connectivity index (χ0n) is 6.51. The van der Waals surface area contributed by atoms with Crippen molar-refractivity contribution in [2.45, 2.75) is 18.9 Å². The summed E-state index contributed by atoms with van der Waals surface area (Å²) in [5.74, 6) is -2.50. The smallest absolute Gasteiger partial charge is 0.481 e. The van der Waals surface area contributed by atoms with Crippen LogP contribution in [0.15, 0.2) is 0 Å². The lowest BCUT2D eigenvalue weighted by molar-refractivity contribution is -0.140. The summed E-state index contributed by atoms with van der Waals surface area (Å²) in [4.78, 5) is 28.7. The molecule has 0 heterocycles. The van der Waals surface area contributed by atoms with Crippen LogP contribution in [0.4, 0.5) is 0 Å². The molecule has 4 N–H and O–H groups in total. The van der Waals surface area contributed by atoms with Gasteiger partial charge in [0.05, 0.1) is 0 Å². The molecule has 13 heavy (non-hydrogen) atoms. The van der Waals surface area contributed by atoms with Crippen LogP contribution in [0.5, 0.6) is 0 Å². The van der Waals surface area contributed by atoms with E-state index < -0.39 is 26.2 Å². The van der Waals surface area contributed by atoms with Gasteiger partial charge in [-0.25, -0.2) is 0 Å². The first kappa shape index (κ1) is 12.0. The van der Waals surface area contributed by atoms with Crippen molar-refractivity contribution in [1.29, 1.82) is 0 Å². The van der Waals surface area contributed by atoms with E-state index in [4.69, 9.17) is 15.1 Å². The van der Waals surface area contributed by atoms with Crippen molar-refractivity contribution in [2.75, 3.05) is 0 Å². The Hall–Kier alpha value is -1.04. The molecule has 0 aromatic heterocycles. The molecule has 0 aliphatic carbocycles. The minimum atomic E-state index is -2.78. The molecule has 8 heteroatoms. The fourth-order valence-electron chi connectivity index (χ4n) is 0.644. The summed E-state index contributed by atoms with van der Waals surface area (Å²) >= 11 is 0. The van der Waals surface area contributed by atoms with Crippen LogP contribution in [-0.2, 0) is 14.2 Å². The number of hydrogen-bond acceptors (Lipinski definition) is 3. The highest BCUT2D eigenvalue weighted by molar-refractivity contribution is 7.35. The van der Waals surface area contributed by atoms with Crippen molar-refractivity contribution in [3.05, 3.63) is 0 Å². The second-order valence-electron chi connectivity index (χ2n) is 2.23. The summed E-state index contributed by atoms with van der Waals surface area (Å²) in [6.45, 7) is 0. The van der Waals surface area contributed by atoms with E-state index in [2.05, 4.69) is 0 Å². The van der Waals surface area contributed by atoms with Crippen LogP contribution in [0.2, 0.25) is 0 Å². The van der Waals surface area contributed by atoms with Crippen molar-refractivity contribution in [1.82, 2.24) is 5.09 Å². The highest BCUT2D eigenvalue weighted by atomic mass is 31.1. The van der Waals surface area contributed by atoms with Crippen molar-refractivity contribution in [3.63, 3.8) is 0 Å². The first-order valence-corrected chi connectivity index (χ1v) is 4.51. The normalized spacial score (nSPS) is 13.5. The molecule has 0 spiro atoms. The van der Waals surface area contributed by atoms with Crippen LogP contribution in [0.3, 0.4) is 0 Å². The second-order valence-corrected chi connectivity index (χ2v) is 3.03. The van der Waals surface area contributed by atoms with E-state index in [1.807, 2.05) is 5.09 Å². The average molecular weight is 210 g/mol. The number of carboxylic acids is 2. The van der Waals surface area contributed by atoms with E-state index in [0.29, 0.717) is 0 Å². The third kappa shape index (κ3) is 6.15. The lowest BCUT2D eigenvalue weighted by Crippen LogP contribution is -2.32. The standard InChI is InChI=1S/C5H8NO6P/c7-4(8)2-1-3(5(9)10)6-13(11)12/h3H,1-2H2,(H3-,6,7,8,9,10,11,12)/p+1. The number of rotatable bonds is 6. The van der Waals surface area contributed by atoms with Gasteiger partial charge in [0.1, 0.15) is 0 Å². The Morgan fingerprint density at radius 1 is 1.38 bits per heavy atom. The van der Waals surface area contributed by atoms with Gasteiger partial charge in [0, 0.05) is 6.42 Å². The predicted molar refractivity (Wildman–Crippen MR) is 41.3 cm³/mol. The van der Waals surface area contributed by atoms with Crippen LogP contribution in [0, 0.1) is 0 Å². The molecule has 0 fully saturated rings. The summed E-state index contributed by atoms with van der Waals surface area (Å²) in [5, 5.41) is 18.5. The Bertz CT molecular complexity index is 229. The summed E-state index contributed by atoms with van der Waals surface area (Å²) in [7, 11) is -2.78. The molecular weight excluding hydrogens is 201 g/mol. The van der Waals surface area contributed by atoms with Crippen molar-refractivity contribution < 1.29 is 29.3 Å². The molecule has 0 aliphatic heterocycles. The fraction of sp³-hybridized carbons (Fsp3) is 0.600. The van der Waals surface area contributed by atoms with Crippen molar-refractivity contribution in [3.8, 4) is 0 Å². The Labute approximate surface area is 74.3 Å². The van der Waals surface area contributed by atoms with Crippen LogP contribution in [-0.4, -0.2) is 33.1 Å². The largest absolute Gasteiger partial charge is 0.611 e. The van der Waals surface area contributed by atoms with Gasteiger partial charge >= 0.3 is 20.1 Å². The Kier molecular flexibility index (Phi) is 5.13. The zero-order valence-corrected chi connectivity index (χ0v) is 7.40. The Morgan fingerprint density at radius 2 is 1.92 bits per heavy atom. The summed E-state index contributed by atoms with van der Waals surface area (Å²) in [6.07, 6.45) is -0.598. The third-order valence-corrected chi connectivity index (χ3v) is 1.74. The Morgan fingerprint density at radius 3 is 2.23 bits per heavy atom. The molecule has 0 saturated heterocycles. The molecule has 0 saturated carbocycles. The SMILES string of the molecule is O=C(O)CCC(N[P+](=O)O)C(=O)O. The summed E-state index contributed by atoms with van der Waals surface area (Å²) in [6, 6.07) is -1.30. The van der Waals surface area contributed by atoms with Gasteiger partial charge < -0.3 is 10.2 Å². The van der Waals surface area contributed by atoms with Gasteiger partial charge in [-0.05, 0) is 11.0 Å². The van der Waals surface area contributed by atoms with E-state index in [9.17, 15) is 14.2 Å². The fourth-order valence-corrected chi connectivity index (χ4v) is 1.15. The second kappa shape index (κ2) is 5.58. The van der Waals surface area contributed by atoms with Gasteiger partial charge in [-0.1, -0.05) is 5.09 Å². The topological polar surface area (TPSA) is 124 Å². The van der Waals surface area contributed by atoms with Crippen molar-refractivity contribution >= 4 is 20.1 Å². The van der Waals surface area contributed by atoms with Gasteiger partial charge in [0.2, 0.25) is 0 Å². The van der Waals surface area contributed by atoms with Crippen molar-refractivity contribution in [2.24, 2.45) is 0 Å². The molecule has 0 aromatic rings. The van der Waals surface area contributed by atoms with E-state index in [1.165, 1.54) is 0 Å². The number of aliphatic carboxylic acids is 2. The molecule has 0 amide bonds. The minimum Gasteiger partial charge on any atom is -0.481 e. The van der Waals surface area contributed by atoms with E-state index in [-0.39, 0.29) is 12.8 Å². The molecule has 74 valence electrons. The number of hydrogen-bond donors (Lipinski definition) is 4. The van der Waals surface area contributed by atoms with Crippen LogP contribution < -0.4 is 5.09 Å². The lowest BCUT2D eigenvalue weighted by atomic mass is 10.2. The molecule has 0 aromatic carbocycles. The first-order valence-electron chi connectivity index (χ1n) is 3.30.